The Labute approximate surface area is 375 Å². The van der Waals surface area contributed by atoms with E-state index in [1.807, 2.05) is 24.3 Å². The van der Waals surface area contributed by atoms with Crippen molar-refractivity contribution in [3.63, 3.8) is 0 Å². The van der Waals surface area contributed by atoms with E-state index < -0.39 is 8.07 Å². The summed E-state index contributed by atoms with van der Waals surface area (Å²) in [5, 5.41) is 5.33. The van der Waals surface area contributed by atoms with Crippen LogP contribution in [-0.2, 0) is 10.8 Å². The first kappa shape index (κ1) is 37.2. The molecule has 1 unspecified atom stereocenters. The molecule has 0 spiro atoms. The average Bonchev–Trinajstić information content (AvgIpc) is 3.87. The largest absolute Gasteiger partial charge is 0.449 e. The third-order valence-electron chi connectivity index (χ3n) is 14.8. The van der Waals surface area contributed by atoms with Gasteiger partial charge in [-0.2, -0.15) is 0 Å². The Balaban J connectivity index is 1.05. The van der Waals surface area contributed by atoms with E-state index in [0.717, 1.165) is 34.2 Å². The Morgan fingerprint density at radius 3 is 1.73 bits per heavy atom. The van der Waals surface area contributed by atoms with Crippen LogP contribution in [0.5, 0.6) is 23.0 Å². The van der Waals surface area contributed by atoms with Crippen molar-refractivity contribution < 1.29 is 9.47 Å². The van der Waals surface area contributed by atoms with Crippen LogP contribution in [0.4, 0.5) is 17.1 Å². The van der Waals surface area contributed by atoms with Gasteiger partial charge in [0.1, 0.15) is 0 Å². The van der Waals surface area contributed by atoms with Crippen molar-refractivity contribution in [1.29, 1.82) is 0 Å². The van der Waals surface area contributed by atoms with Crippen molar-refractivity contribution in [2.45, 2.75) is 38.5 Å². The minimum Gasteiger partial charge on any atom is -0.449 e. The van der Waals surface area contributed by atoms with E-state index >= 15 is 0 Å². The van der Waals surface area contributed by atoms with Crippen LogP contribution >= 0.6 is 0 Å². The van der Waals surface area contributed by atoms with Crippen molar-refractivity contribution in [1.82, 2.24) is 0 Å². The number of para-hydroxylation sites is 2. The summed E-state index contributed by atoms with van der Waals surface area (Å²) in [6, 6.07) is 74.1. The van der Waals surface area contributed by atoms with Crippen LogP contribution in [0, 0.1) is 0 Å². The quantitative estimate of drug-likeness (QED) is 0.161. The molecule has 0 fully saturated rings. The third kappa shape index (κ3) is 4.86. The molecule has 2 heterocycles. The highest BCUT2D eigenvalue weighted by molar-refractivity contribution is 7.22. The second-order valence-corrected chi connectivity index (χ2v) is 22.5. The molecule has 4 aliphatic rings. The van der Waals surface area contributed by atoms with Crippen LogP contribution in [0.15, 0.2) is 200 Å². The molecule has 0 aromatic heterocycles. The fourth-order valence-electron chi connectivity index (χ4n) is 12.0. The van der Waals surface area contributed by atoms with Gasteiger partial charge in [0.05, 0.1) is 11.4 Å². The Hall–Kier alpha value is -7.40. The highest BCUT2D eigenvalue weighted by Gasteiger charge is 2.51. The molecule has 4 heteroatoms. The predicted molar refractivity (Wildman–Crippen MR) is 265 cm³/mol. The lowest BCUT2D eigenvalue weighted by Crippen LogP contribution is -2.72. The van der Waals surface area contributed by atoms with E-state index in [1.54, 1.807) is 0 Å². The van der Waals surface area contributed by atoms with E-state index in [2.05, 4.69) is 209 Å². The highest BCUT2D eigenvalue weighted by Crippen LogP contribution is 2.58. The fraction of sp³-hybridized carbons (Fsp3) is 0.100. The molecule has 1 atom stereocenters. The molecule has 2 aliphatic heterocycles. The Morgan fingerprint density at radius 2 is 0.953 bits per heavy atom. The van der Waals surface area contributed by atoms with Gasteiger partial charge < -0.3 is 14.4 Å². The summed E-state index contributed by atoms with van der Waals surface area (Å²) < 4.78 is 13.4. The van der Waals surface area contributed by atoms with Gasteiger partial charge in [0.15, 0.2) is 31.1 Å². The number of anilines is 3. The lowest BCUT2D eigenvalue weighted by molar-refractivity contribution is 0.361. The average molecular weight is 840 g/mol. The second kappa shape index (κ2) is 13.3. The lowest BCUT2D eigenvalue weighted by Gasteiger charge is -2.35. The molecule has 3 nitrogen and oxygen atoms in total. The first-order valence-electron chi connectivity index (χ1n) is 22.4. The Kier molecular flexibility index (Phi) is 7.73. The first-order chi connectivity index (χ1) is 31.3. The van der Waals surface area contributed by atoms with Gasteiger partial charge in [0.25, 0.3) is 0 Å². The van der Waals surface area contributed by atoms with Crippen LogP contribution in [0.3, 0.4) is 0 Å². The van der Waals surface area contributed by atoms with Gasteiger partial charge >= 0.3 is 0 Å². The zero-order valence-corrected chi connectivity index (χ0v) is 37.3. The van der Waals surface area contributed by atoms with Crippen molar-refractivity contribution in [2.75, 3.05) is 4.90 Å². The molecule has 64 heavy (non-hydrogen) atoms. The molecule has 9 aromatic carbocycles. The molecule has 13 rings (SSSR count). The van der Waals surface area contributed by atoms with Gasteiger partial charge in [-0.3, -0.25) is 0 Å². The van der Waals surface area contributed by atoms with Crippen molar-refractivity contribution in [2.24, 2.45) is 0 Å². The van der Waals surface area contributed by atoms with Crippen LogP contribution in [0.1, 0.15) is 49.9 Å². The number of rotatable bonds is 5. The molecule has 9 aromatic rings. The minimum atomic E-state index is -2.91. The number of hydrogen-bond acceptors (Lipinski definition) is 3. The number of hydrogen-bond donors (Lipinski definition) is 0. The van der Waals surface area contributed by atoms with Crippen LogP contribution < -0.4 is 35.1 Å². The summed E-state index contributed by atoms with van der Waals surface area (Å²) in [4.78, 5) is 2.57. The number of benzene rings is 9. The molecule has 0 bridgehead atoms. The van der Waals surface area contributed by atoms with Gasteiger partial charge in [-0.15, -0.1) is 0 Å². The topological polar surface area (TPSA) is 21.7 Å². The fourth-order valence-corrected chi connectivity index (χ4v) is 17.2. The van der Waals surface area contributed by atoms with Gasteiger partial charge in [-0.05, 0) is 108 Å². The smallest absolute Gasteiger partial charge is 0.181 e. The summed E-state index contributed by atoms with van der Waals surface area (Å²) in [6.07, 6.45) is 0. The molecular weight excluding hydrogens is 795 g/mol. The van der Waals surface area contributed by atoms with E-state index in [-0.39, 0.29) is 10.8 Å². The molecule has 2 aliphatic carbocycles. The zero-order chi connectivity index (χ0) is 43.0. The Bertz CT molecular complexity index is 3400. The minimum absolute atomic E-state index is 0.140. The SMILES string of the molecule is CC1(C)c2ccccc2-c2c(N(c3ccc([Si]4(c5ccccc5)c5ccccc5-c5c4ccc4c5Oc5ccccc5O4)cc3)c3cccc4c3C(C)(C)c3ccccc3-4)cccc21. The number of fused-ring (bicyclic) bond motifs is 12. The molecule has 0 radical (unpaired) electrons. The van der Waals surface area contributed by atoms with Crippen molar-refractivity contribution in [3.05, 3.63) is 222 Å². The van der Waals surface area contributed by atoms with Gasteiger partial charge in [-0.25, -0.2) is 0 Å². The third-order valence-corrected chi connectivity index (χ3v) is 19.7. The maximum Gasteiger partial charge on any atom is 0.181 e. The maximum absolute atomic E-state index is 6.83. The first-order valence-corrected chi connectivity index (χ1v) is 24.4. The van der Waals surface area contributed by atoms with E-state index in [9.17, 15) is 0 Å². The number of ether oxygens (including phenoxy) is 2. The van der Waals surface area contributed by atoms with Gasteiger partial charge in [0.2, 0.25) is 0 Å². The summed E-state index contributed by atoms with van der Waals surface area (Å²) in [5.74, 6) is 3.01. The zero-order valence-electron chi connectivity index (χ0n) is 36.3. The van der Waals surface area contributed by atoms with Gasteiger partial charge in [0, 0.05) is 27.6 Å². The van der Waals surface area contributed by atoms with E-state index in [1.165, 1.54) is 82.2 Å². The Morgan fingerprint density at radius 1 is 0.375 bits per heavy atom. The van der Waals surface area contributed by atoms with E-state index in [0.29, 0.717) is 0 Å². The molecular formula is C60H45NO2Si. The van der Waals surface area contributed by atoms with Crippen molar-refractivity contribution in [3.8, 4) is 56.4 Å². The normalized spacial score (nSPS) is 17.0. The standard InChI is InChI=1S/C60H45NO2Si/c1-59(2)46-25-12-9-21-43(46)55-47(59)26-17-27-48(55)61(49-28-16-23-42-41-20-8-11-24-45(41)60(3,4)57(42)49)38-32-34-40(35-33-38)64(39-18-6-5-7-19-39)53-31-15-10-22-44(53)56-54(64)37-36-52-58(56)63-51-30-14-13-29-50(51)62-52/h5-37H,1-4H3. The molecule has 0 amide bonds. The summed E-state index contributed by atoms with van der Waals surface area (Å²) in [5.41, 5.74) is 16.2. The number of nitrogens with zero attached hydrogens (tertiary/aromatic N) is 1. The van der Waals surface area contributed by atoms with Crippen LogP contribution in [0.2, 0.25) is 0 Å². The van der Waals surface area contributed by atoms with Crippen LogP contribution in [-0.4, -0.2) is 8.07 Å². The monoisotopic (exact) mass is 839 g/mol. The predicted octanol–water partition coefficient (Wildman–Crippen LogP) is 13.0. The van der Waals surface area contributed by atoms with Crippen molar-refractivity contribution >= 4 is 45.9 Å². The molecule has 306 valence electrons. The van der Waals surface area contributed by atoms with Gasteiger partial charge in [-0.1, -0.05) is 185 Å². The molecule has 0 saturated heterocycles. The van der Waals surface area contributed by atoms with Crippen LogP contribution in [0.25, 0.3) is 33.4 Å². The van der Waals surface area contributed by atoms with E-state index in [4.69, 9.17) is 9.47 Å². The maximum atomic E-state index is 6.83. The molecule has 0 N–H and O–H groups in total. The summed E-state index contributed by atoms with van der Waals surface area (Å²) in [6.45, 7) is 9.54. The summed E-state index contributed by atoms with van der Waals surface area (Å²) in [7, 11) is -2.91. The lowest BCUT2D eigenvalue weighted by atomic mass is 9.81. The second-order valence-electron chi connectivity index (χ2n) is 18.8. The highest BCUT2D eigenvalue weighted by atomic mass is 28.3. The molecule has 0 saturated carbocycles. The summed E-state index contributed by atoms with van der Waals surface area (Å²) >= 11 is 0.